The number of aryl methyl sites for hydroxylation is 1. The van der Waals surface area contributed by atoms with E-state index in [1.54, 1.807) is 0 Å². The van der Waals surface area contributed by atoms with Crippen LogP contribution < -0.4 is 31.1 Å². The van der Waals surface area contributed by atoms with Gasteiger partial charge in [-0.15, -0.1) is 0 Å². The highest BCUT2D eigenvalue weighted by molar-refractivity contribution is 7.00. The maximum atomic E-state index is 2.63. The van der Waals surface area contributed by atoms with Crippen molar-refractivity contribution in [3.05, 3.63) is 251 Å². The van der Waals surface area contributed by atoms with Crippen molar-refractivity contribution in [1.29, 1.82) is 0 Å². The average molecular weight is 1020 g/mol. The van der Waals surface area contributed by atoms with Crippen LogP contribution in [0.25, 0.3) is 33.4 Å². The summed E-state index contributed by atoms with van der Waals surface area (Å²) in [7, 11) is 0. The van der Waals surface area contributed by atoms with Crippen molar-refractivity contribution in [3.8, 4) is 33.4 Å². The van der Waals surface area contributed by atoms with E-state index in [1.165, 1.54) is 117 Å². The Labute approximate surface area is 468 Å². The molecular weight excluding hydrogens is 954 g/mol. The molecule has 4 heteroatoms. The monoisotopic (exact) mass is 1020 g/mol. The summed E-state index contributed by atoms with van der Waals surface area (Å²) in [6, 6.07) is 81.3. The molecule has 0 unspecified atom stereocenters. The van der Waals surface area contributed by atoms with Gasteiger partial charge in [-0.3, -0.25) is 0 Å². The Morgan fingerprint density at radius 1 is 0.380 bits per heavy atom. The average Bonchev–Trinajstić information content (AvgIpc) is 3.88. The molecule has 79 heavy (non-hydrogen) atoms. The molecule has 4 aliphatic rings. The summed E-state index contributed by atoms with van der Waals surface area (Å²) in [6.45, 7) is 25.8. The van der Waals surface area contributed by atoms with Gasteiger partial charge in [0.25, 0.3) is 6.71 Å². The van der Waals surface area contributed by atoms with Crippen molar-refractivity contribution < 1.29 is 0 Å². The molecule has 10 aromatic carbocycles. The summed E-state index contributed by atoms with van der Waals surface area (Å²) in [5.41, 5.74) is 31.1. The minimum absolute atomic E-state index is 0.0379. The molecule has 3 nitrogen and oxygen atoms in total. The van der Waals surface area contributed by atoms with Crippen LogP contribution >= 0.6 is 0 Å². The van der Waals surface area contributed by atoms with Gasteiger partial charge in [0.1, 0.15) is 0 Å². The predicted octanol–water partition coefficient (Wildman–Crippen LogP) is 18.4. The Balaban J connectivity index is 1.05. The van der Waals surface area contributed by atoms with Crippen molar-refractivity contribution in [1.82, 2.24) is 0 Å². The van der Waals surface area contributed by atoms with Gasteiger partial charge in [0.05, 0.1) is 5.69 Å². The first-order chi connectivity index (χ1) is 37.9. The molecule has 0 saturated heterocycles. The molecule has 386 valence electrons. The third kappa shape index (κ3) is 7.47. The van der Waals surface area contributed by atoms with Gasteiger partial charge in [0.15, 0.2) is 0 Å². The Kier molecular flexibility index (Phi) is 10.7. The first-order valence-electron chi connectivity index (χ1n) is 28.4. The molecule has 0 radical (unpaired) electrons. The lowest BCUT2D eigenvalue weighted by molar-refractivity contribution is 0.590. The zero-order chi connectivity index (χ0) is 54.5. The number of anilines is 9. The van der Waals surface area contributed by atoms with Crippen molar-refractivity contribution in [2.75, 3.05) is 14.7 Å². The standard InChI is InChI=1S/C75H68BN3/c1-47-40-69-71-70(41-47)79(53-33-36-58-56-27-19-21-29-61(56)75(10,11)63(58)45-53)68-46-54(77(51-24-16-13-17-25-51)66-38-30-49(72(2,3)4)42-59(66)48-22-14-12-15-23-48)34-37-64(68)76(71)65-43-50(73(5,6)7)31-39-67(65)78(69)52-32-35-57-55-26-18-20-28-60(55)74(8,9)62(57)44-52/h12-46H,1-11H3. The third-order valence-corrected chi connectivity index (χ3v) is 18.2. The highest BCUT2D eigenvalue weighted by atomic mass is 15.2. The number of fused-ring (bicyclic) bond motifs is 10. The highest BCUT2D eigenvalue weighted by Crippen LogP contribution is 2.55. The summed E-state index contributed by atoms with van der Waals surface area (Å²) < 4.78 is 0. The first-order valence-corrected chi connectivity index (χ1v) is 28.4. The molecule has 0 atom stereocenters. The second-order valence-electron chi connectivity index (χ2n) is 25.9. The maximum absolute atomic E-state index is 2.63. The van der Waals surface area contributed by atoms with Crippen molar-refractivity contribution >= 4 is 74.3 Å². The molecule has 0 spiro atoms. The Hall–Kier alpha value is -8.34. The van der Waals surface area contributed by atoms with E-state index in [-0.39, 0.29) is 28.4 Å². The molecule has 2 aliphatic carbocycles. The van der Waals surface area contributed by atoms with E-state index >= 15 is 0 Å². The molecular formula is C75H68BN3. The molecule has 0 N–H and O–H groups in total. The minimum Gasteiger partial charge on any atom is -0.311 e. The molecule has 0 amide bonds. The van der Waals surface area contributed by atoms with Gasteiger partial charge < -0.3 is 14.7 Å². The van der Waals surface area contributed by atoms with E-state index in [2.05, 4.69) is 303 Å². The summed E-state index contributed by atoms with van der Waals surface area (Å²) in [6.07, 6.45) is 0. The highest BCUT2D eigenvalue weighted by Gasteiger charge is 2.46. The van der Waals surface area contributed by atoms with Crippen LogP contribution in [0.2, 0.25) is 0 Å². The second-order valence-corrected chi connectivity index (χ2v) is 25.9. The van der Waals surface area contributed by atoms with Crippen LogP contribution in [-0.2, 0) is 21.7 Å². The minimum atomic E-state index is -0.186. The normalized spacial score (nSPS) is 14.9. The van der Waals surface area contributed by atoms with Crippen LogP contribution in [0.1, 0.15) is 108 Å². The molecule has 0 fully saturated rings. The van der Waals surface area contributed by atoms with Crippen LogP contribution in [-0.4, -0.2) is 6.71 Å². The maximum Gasteiger partial charge on any atom is 0.252 e. The molecule has 0 saturated carbocycles. The van der Waals surface area contributed by atoms with Gasteiger partial charge in [-0.2, -0.15) is 0 Å². The van der Waals surface area contributed by atoms with Gasteiger partial charge in [0, 0.05) is 61.9 Å². The summed E-state index contributed by atoms with van der Waals surface area (Å²) in [4.78, 5) is 7.73. The lowest BCUT2D eigenvalue weighted by atomic mass is 9.33. The van der Waals surface area contributed by atoms with Gasteiger partial charge in [-0.25, -0.2) is 0 Å². The molecule has 2 heterocycles. The zero-order valence-electron chi connectivity index (χ0n) is 47.6. The van der Waals surface area contributed by atoms with Gasteiger partial charge in [0.2, 0.25) is 0 Å². The van der Waals surface area contributed by atoms with Crippen LogP contribution in [0.15, 0.2) is 212 Å². The van der Waals surface area contributed by atoms with E-state index in [4.69, 9.17) is 0 Å². The molecule has 2 aliphatic heterocycles. The summed E-state index contributed by atoms with van der Waals surface area (Å²) >= 11 is 0. The number of hydrogen-bond acceptors (Lipinski definition) is 3. The van der Waals surface area contributed by atoms with Crippen molar-refractivity contribution in [2.24, 2.45) is 0 Å². The van der Waals surface area contributed by atoms with Gasteiger partial charge in [-0.1, -0.05) is 203 Å². The first kappa shape index (κ1) is 49.0. The van der Waals surface area contributed by atoms with E-state index in [9.17, 15) is 0 Å². The Morgan fingerprint density at radius 2 is 0.886 bits per heavy atom. The van der Waals surface area contributed by atoms with Crippen LogP contribution in [0.5, 0.6) is 0 Å². The van der Waals surface area contributed by atoms with E-state index in [1.807, 2.05) is 0 Å². The Morgan fingerprint density at radius 3 is 1.47 bits per heavy atom. The quantitative estimate of drug-likeness (QED) is 0.154. The second kappa shape index (κ2) is 17.3. The summed E-state index contributed by atoms with van der Waals surface area (Å²) in [5.74, 6) is 0. The number of nitrogens with zero attached hydrogens (tertiary/aromatic N) is 3. The number of rotatable bonds is 6. The predicted molar refractivity (Wildman–Crippen MR) is 338 cm³/mol. The van der Waals surface area contributed by atoms with Crippen molar-refractivity contribution in [2.45, 2.75) is 97.8 Å². The molecule has 0 aromatic heterocycles. The molecule has 14 rings (SSSR count). The largest absolute Gasteiger partial charge is 0.311 e. The van der Waals surface area contributed by atoms with E-state index in [0.717, 1.165) is 22.7 Å². The van der Waals surface area contributed by atoms with Crippen LogP contribution in [0.4, 0.5) is 51.2 Å². The zero-order valence-corrected chi connectivity index (χ0v) is 47.6. The lowest BCUT2D eigenvalue weighted by Gasteiger charge is -2.45. The lowest BCUT2D eigenvalue weighted by Crippen LogP contribution is -2.61. The van der Waals surface area contributed by atoms with Gasteiger partial charge >= 0.3 is 0 Å². The fraction of sp³-hybridized carbons (Fsp3) is 0.200. The van der Waals surface area contributed by atoms with E-state index < -0.39 is 0 Å². The van der Waals surface area contributed by atoms with Crippen molar-refractivity contribution in [3.63, 3.8) is 0 Å². The van der Waals surface area contributed by atoms with Gasteiger partial charge in [-0.05, 0) is 180 Å². The number of benzene rings is 10. The Bertz CT molecular complexity index is 4130. The van der Waals surface area contributed by atoms with Crippen LogP contribution in [0.3, 0.4) is 0 Å². The fourth-order valence-electron chi connectivity index (χ4n) is 14.0. The molecule has 0 bridgehead atoms. The third-order valence-electron chi connectivity index (χ3n) is 18.2. The van der Waals surface area contributed by atoms with E-state index in [0.29, 0.717) is 0 Å². The SMILES string of the molecule is Cc1cc2c3c(c1)N(c1ccc4c(c1)C(C)(C)c1ccccc1-4)c1cc(N(c4ccccc4)c4ccc(C(C)(C)C)cc4-c4ccccc4)ccc1B3c1cc(C(C)(C)C)ccc1N2c1ccc2c(c1)C(C)(C)c1ccccc1-2. The number of hydrogen-bond donors (Lipinski definition) is 0. The van der Waals surface area contributed by atoms with Crippen LogP contribution in [0, 0.1) is 6.92 Å². The fourth-order valence-corrected chi connectivity index (χ4v) is 14.0. The molecule has 10 aromatic rings. The topological polar surface area (TPSA) is 9.72 Å². The smallest absolute Gasteiger partial charge is 0.252 e. The summed E-state index contributed by atoms with van der Waals surface area (Å²) in [5, 5.41) is 0. The number of para-hydroxylation sites is 1.